The number of aromatic nitrogens is 2. The normalized spacial score (nSPS) is 18.5. The lowest BCUT2D eigenvalue weighted by atomic mass is 9.75. The maximum Gasteiger partial charge on any atom is 0.146 e. The zero-order chi connectivity index (χ0) is 15.5. The highest BCUT2D eigenvalue weighted by atomic mass is 35.5. The van der Waals surface area contributed by atoms with Gasteiger partial charge in [0, 0.05) is 19.0 Å². The first-order valence-corrected chi connectivity index (χ1v) is 8.35. The molecule has 0 unspecified atom stereocenters. The molecule has 0 atom stereocenters. The molecule has 0 aliphatic heterocycles. The fraction of sp³-hybridized carbons (Fsp3) is 0.750. The number of carbonyl (C=O) groups excluding carboxylic acids is 1. The topological polar surface area (TPSA) is 60.9 Å². The Morgan fingerprint density at radius 1 is 1.33 bits per heavy atom. The number of halogens is 1. The van der Waals surface area contributed by atoms with Gasteiger partial charge in [-0.05, 0) is 19.3 Å². The van der Waals surface area contributed by atoms with Crippen molar-refractivity contribution in [3.05, 3.63) is 16.4 Å². The number of hydrogen-bond donors (Lipinski definition) is 1. The van der Waals surface area contributed by atoms with E-state index in [1.807, 2.05) is 14.0 Å². The zero-order valence-corrected chi connectivity index (χ0v) is 13.9. The maximum absolute atomic E-state index is 12.9. The summed E-state index contributed by atoms with van der Waals surface area (Å²) >= 11 is 6.37. The molecule has 2 rings (SSSR count). The number of nitrogens with two attached hydrogens (primary N) is 1. The molecule has 0 amide bonds. The van der Waals surface area contributed by atoms with Crippen molar-refractivity contribution < 1.29 is 4.79 Å². The highest BCUT2D eigenvalue weighted by molar-refractivity contribution is 6.32. The van der Waals surface area contributed by atoms with Crippen LogP contribution in [-0.4, -0.2) is 22.1 Å². The van der Waals surface area contributed by atoms with E-state index >= 15 is 0 Å². The van der Waals surface area contributed by atoms with Gasteiger partial charge in [-0.2, -0.15) is 5.10 Å². The molecule has 2 N–H and O–H groups in total. The van der Waals surface area contributed by atoms with Gasteiger partial charge in [0.15, 0.2) is 0 Å². The molecule has 1 aromatic rings. The predicted octanol–water partition coefficient (Wildman–Crippen LogP) is 3.05. The molecule has 1 aliphatic carbocycles. The lowest BCUT2D eigenvalue weighted by Gasteiger charge is -2.29. The van der Waals surface area contributed by atoms with Gasteiger partial charge >= 0.3 is 0 Å². The lowest BCUT2D eigenvalue weighted by Crippen LogP contribution is -2.39. The Morgan fingerprint density at radius 3 is 2.43 bits per heavy atom. The summed E-state index contributed by atoms with van der Waals surface area (Å²) < 4.78 is 1.75. The van der Waals surface area contributed by atoms with E-state index in [0.29, 0.717) is 18.0 Å². The van der Waals surface area contributed by atoms with Crippen molar-refractivity contribution in [2.45, 2.75) is 58.3 Å². The van der Waals surface area contributed by atoms with Gasteiger partial charge in [-0.1, -0.05) is 44.2 Å². The van der Waals surface area contributed by atoms with E-state index in [1.54, 1.807) is 4.68 Å². The summed E-state index contributed by atoms with van der Waals surface area (Å²) in [7, 11) is 1.86. The number of carbonyl (C=O) groups is 1. The summed E-state index contributed by atoms with van der Waals surface area (Å²) in [4.78, 5) is 12.9. The van der Waals surface area contributed by atoms with Gasteiger partial charge in [0.25, 0.3) is 0 Å². The Hall–Kier alpha value is -0.870. The van der Waals surface area contributed by atoms with E-state index in [2.05, 4.69) is 5.10 Å². The third kappa shape index (κ3) is 3.32. The molecule has 118 valence electrons. The number of nitrogens with zero attached hydrogens (tertiary/aromatic N) is 2. The number of ketones is 1. The second kappa shape index (κ2) is 6.93. The Bertz CT molecular complexity index is 502. The first-order valence-electron chi connectivity index (χ1n) is 7.97. The number of rotatable bonds is 5. The standard InChI is InChI=1S/C16H26ClN3O/c1-3-12-15(17)13(20(2)19-12)10-14(21)16(11-18)8-6-4-5-7-9-16/h3-11,18H2,1-2H3. The molecule has 1 heterocycles. The molecule has 1 aromatic heterocycles. The SMILES string of the molecule is CCc1nn(C)c(CC(=O)C2(CN)CCCCCC2)c1Cl. The number of aryl methyl sites for hydroxylation is 2. The molecule has 4 nitrogen and oxygen atoms in total. The molecule has 0 aromatic carbocycles. The Balaban J connectivity index is 2.21. The summed E-state index contributed by atoms with van der Waals surface area (Å²) in [6.07, 6.45) is 7.58. The molecule has 21 heavy (non-hydrogen) atoms. The quantitative estimate of drug-likeness (QED) is 0.850. The van der Waals surface area contributed by atoms with Gasteiger partial charge in [0.2, 0.25) is 0 Å². The summed E-state index contributed by atoms with van der Waals surface area (Å²) in [5, 5.41) is 5.04. The van der Waals surface area contributed by atoms with Gasteiger partial charge in [-0.15, -0.1) is 0 Å². The molecule has 0 saturated heterocycles. The molecule has 0 spiro atoms. The van der Waals surface area contributed by atoms with Crippen LogP contribution >= 0.6 is 11.6 Å². The van der Waals surface area contributed by atoms with E-state index in [-0.39, 0.29) is 11.2 Å². The van der Waals surface area contributed by atoms with E-state index in [1.165, 1.54) is 12.8 Å². The van der Waals surface area contributed by atoms with Crippen LogP contribution in [0.15, 0.2) is 0 Å². The molecule has 0 radical (unpaired) electrons. The van der Waals surface area contributed by atoms with E-state index in [0.717, 1.165) is 43.5 Å². The average molecular weight is 312 g/mol. The van der Waals surface area contributed by atoms with Crippen LogP contribution in [0.1, 0.15) is 56.8 Å². The summed E-state index contributed by atoms with van der Waals surface area (Å²) in [5.41, 5.74) is 7.34. The van der Waals surface area contributed by atoms with Gasteiger partial charge in [-0.25, -0.2) is 0 Å². The Morgan fingerprint density at radius 2 is 1.95 bits per heavy atom. The van der Waals surface area contributed by atoms with E-state index in [4.69, 9.17) is 17.3 Å². The van der Waals surface area contributed by atoms with Gasteiger partial charge in [0.1, 0.15) is 5.78 Å². The smallest absolute Gasteiger partial charge is 0.146 e. The van der Waals surface area contributed by atoms with Crippen molar-refractivity contribution in [1.82, 2.24) is 9.78 Å². The fourth-order valence-electron chi connectivity index (χ4n) is 3.35. The Kier molecular flexibility index (Phi) is 5.44. The van der Waals surface area contributed by atoms with Gasteiger partial charge in [0.05, 0.1) is 22.8 Å². The monoisotopic (exact) mass is 311 g/mol. The molecule has 1 saturated carbocycles. The van der Waals surface area contributed by atoms with Crippen LogP contribution in [0, 0.1) is 5.41 Å². The molecule has 1 aliphatic rings. The van der Waals surface area contributed by atoms with Crippen molar-refractivity contribution in [3.8, 4) is 0 Å². The predicted molar refractivity (Wildman–Crippen MR) is 85.5 cm³/mol. The third-order valence-corrected chi connectivity index (χ3v) is 5.31. The van der Waals surface area contributed by atoms with Crippen LogP contribution in [0.25, 0.3) is 0 Å². The Labute approximate surface area is 132 Å². The lowest BCUT2D eigenvalue weighted by molar-refractivity contribution is -0.128. The largest absolute Gasteiger partial charge is 0.329 e. The van der Waals surface area contributed by atoms with Crippen molar-refractivity contribution in [2.24, 2.45) is 18.2 Å². The molecule has 0 bridgehead atoms. The second-order valence-corrected chi connectivity index (χ2v) is 6.56. The number of Topliss-reactive ketones (excluding diaryl/α,β-unsaturated/α-hetero) is 1. The fourth-order valence-corrected chi connectivity index (χ4v) is 3.71. The van der Waals surface area contributed by atoms with Crippen LogP contribution in [-0.2, 0) is 24.7 Å². The minimum atomic E-state index is -0.351. The van der Waals surface area contributed by atoms with E-state index in [9.17, 15) is 4.79 Å². The van der Waals surface area contributed by atoms with Crippen LogP contribution < -0.4 is 5.73 Å². The third-order valence-electron chi connectivity index (χ3n) is 4.87. The van der Waals surface area contributed by atoms with Crippen molar-refractivity contribution in [2.75, 3.05) is 6.54 Å². The van der Waals surface area contributed by atoms with Gasteiger partial charge in [-0.3, -0.25) is 9.48 Å². The van der Waals surface area contributed by atoms with Crippen molar-refractivity contribution in [1.29, 1.82) is 0 Å². The minimum Gasteiger partial charge on any atom is -0.329 e. The summed E-state index contributed by atoms with van der Waals surface area (Å²) in [6.45, 7) is 2.47. The zero-order valence-electron chi connectivity index (χ0n) is 13.1. The molecule has 1 fully saturated rings. The average Bonchev–Trinajstić information content (AvgIpc) is 2.69. The van der Waals surface area contributed by atoms with Crippen molar-refractivity contribution in [3.63, 3.8) is 0 Å². The van der Waals surface area contributed by atoms with Crippen LogP contribution in [0.3, 0.4) is 0 Å². The first kappa shape index (κ1) is 16.5. The summed E-state index contributed by atoms with van der Waals surface area (Å²) in [5.74, 6) is 0.236. The first-order chi connectivity index (χ1) is 10.0. The highest BCUT2D eigenvalue weighted by Gasteiger charge is 2.37. The molecular weight excluding hydrogens is 286 g/mol. The molecular formula is C16H26ClN3O. The highest BCUT2D eigenvalue weighted by Crippen LogP contribution is 2.36. The van der Waals surface area contributed by atoms with Crippen LogP contribution in [0.4, 0.5) is 0 Å². The number of hydrogen-bond acceptors (Lipinski definition) is 3. The summed E-state index contributed by atoms with van der Waals surface area (Å²) in [6, 6.07) is 0. The minimum absolute atomic E-state index is 0.236. The van der Waals surface area contributed by atoms with Crippen molar-refractivity contribution >= 4 is 17.4 Å². The molecule has 5 heteroatoms. The van der Waals surface area contributed by atoms with Crippen LogP contribution in [0.2, 0.25) is 5.02 Å². The van der Waals surface area contributed by atoms with E-state index < -0.39 is 0 Å². The maximum atomic E-state index is 12.9. The second-order valence-electron chi connectivity index (χ2n) is 6.18. The van der Waals surface area contributed by atoms with Crippen LogP contribution in [0.5, 0.6) is 0 Å². The van der Waals surface area contributed by atoms with Gasteiger partial charge < -0.3 is 5.73 Å².